The van der Waals surface area contributed by atoms with Crippen LogP contribution in [0.5, 0.6) is 11.5 Å². The van der Waals surface area contributed by atoms with Gasteiger partial charge in [0.2, 0.25) is 0 Å². The highest BCUT2D eigenvalue weighted by atomic mass is 16.5. The number of hydrogen-bond donors (Lipinski definition) is 1. The van der Waals surface area contributed by atoms with Crippen molar-refractivity contribution in [2.75, 3.05) is 14.2 Å². The maximum atomic E-state index is 13.0. The smallest absolute Gasteiger partial charge is 0.252 e. The Bertz CT molecular complexity index is 1560. The van der Waals surface area contributed by atoms with E-state index < -0.39 is 0 Å². The first-order valence-corrected chi connectivity index (χ1v) is 9.90. The van der Waals surface area contributed by atoms with Gasteiger partial charge in [0, 0.05) is 53.2 Å². The van der Waals surface area contributed by atoms with Crippen molar-refractivity contribution in [3.63, 3.8) is 0 Å². The lowest BCUT2D eigenvalue weighted by Gasteiger charge is -2.08. The maximum absolute atomic E-state index is 13.0. The van der Waals surface area contributed by atoms with Gasteiger partial charge >= 0.3 is 0 Å². The Morgan fingerprint density at radius 1 is 0.833 bits per heavy atom. The fourth-order valence-corrected chi connectivity index (χ4v) is 5.17. The lowest BCUT2D eigenvalue weighted by molar-refractivity contribution is 0.0967. The Kier molecular flexibility index (Phi) is 3.26. The summed E-state index contributed by atoms with van der Waals surface area (Å²) in [7, 11) is 7.50. The van der Waals surface area contributed by atoms with Crippen molar-refractivity contribution >= 4 is 49.5 Å². The number of benzene rings is 3. The number of aryl methyl sites for hydroxylation is 2. The molecule has 3 heterocycles. The van der Waals surface area contributed by atoms with Gasteiger partial charge in [-0.2, -0.15) is 0 Å². The van der Waals surface area contributed by atoms with Crippen LogP contribution in [0.4, 0.5) is 0 Å². The summed E-state index contributed by atoms with van der Waals surface area (Å²) in [5.74, 6) is 1.57. The van der Waals surface area contributed by atoms with Gasteiger partial charge in [-0.3, -0.25) is 4.79 Å². The van der Waals surface area contributed by atoms with Crippen LogP contribution in [0.2, 0.25) is 0 Å². The SMILES string of the molecule is COc1ccc2c(c1)c1c3c(c4c5cc(OC)ccc5n(C)c4c1n2C)C(=O)NC3. The summed E-state index contributed by atoms with van der Waals surface area (Å²) in [4.78, 5) is 13.0. The average Bonchev–Trinajstić information content (AvgIpc) is 3.38. The van der Waals surface area contributed by atoms with Crippen LogP contribution in [0.1, 0.15) is 15.9 Å². The van der Waals surface area contributed by atoms with Crippen molar-refractivity contribution < 1.29 is 14.3 Å². The zero-order valence-electron chi connectivity index (χ0n) is 17.3. The van der Waals surface area contributed by atoms with Crippen molar-refractivity contribution in [3.8, 4) is 11.5 Å². The first-order valence-electron chi connectivity index (χ1n) is 9.90. The molecular weight excluding hydrogens is 378 g/mol. The van der Waals surface area contributed by atoms with Crippen LogP contribution in [-0.2, 0) is 20.6 Å². The minimum absolute atomic E-state index is 0.0212. The van der Waals surface area contributed by atoms with E-state index >= 15 is 0 Å². The molecule has 0 bridgehead atoms. The molecule has 30 heavy (non-hydrogen) atoms. The number of rotatable bonds is 2. The van der Waals surface area contributed by atoms with Crippen molar-refractivity contribution in [1.29, 1.82) is 0 Å². The molecule has 1 aliphatic rings. The summed E-state index contributed by atoms with van der Waals surface area (Å²) in [6, 6.07) is 12.2. The van der Waals surface area contributed by atoms with E-state index in [1.54, 1.807) is 14.2 Å². The number of hydrogen-bond acceptors (Lipinski definition) is 3. The third kappa shape index (κ3) is 1.91. The lowest BCUT2D eigenvalue weighted by atomic mass is 9.97. The van der Waals surface area contributed by atoms with Crippen LogP contribution in [0.3, 0.4) is 0 Å². The Balaban J connectivity index is 1.96. The second-order valence-electron chi connectivity index (χ2n) is 7.87. The molecule has 0 unspecified atom stereocenters. The molecule has 0 saturated carbocycles. The van der Waals surface area contributed by atoms with Gasteiger partial charge in [-0.1, -0.05) is 0 Å². The summed E-state index contributed by atoms with van der Waals surface area (Å²) in [6.45, 7) is 0.525. The van der Waals surface area contributed by atoms with Gasteiger partial charge in [-0.05, 0) is 42.0 Å². The second-order valence-corrected chi connectivity index (χ2v) is 7.87. The van der Waals surface area contributed by atoms with E-state index in [2.05, 4.69) is 46.7 Å². The summed E-state index contributed by atoms with van der Waals surface area (Å²) in [6.07, 6.45) is 0. The number of nitrogens with zero attached hydrogens (tertiary/aromatic N) is 2. The number of carbonyl (C=O) groups excluding carboxylic acids is 1. The molecule has 6 heteroatoms. The summed E-state index contributed by atoms with van der Waals surface area (Å²) < 4.78 is 15.4. The molecule has 2 aromatic heterocycles. The molecule has 0 atom stereocenters. The minimum Gasteiger partial charge on any atom is -0.497 e. The molecule has 150 valence electrons. The maximum Gasteiger partial charge on any atom is 0.252 e. The molecule has 0 spiro atoms. The Hall–Kier alpha value is -3.67. The Labute approximate surface area is 172 Å². The predicted molar refractivity (Wildman–Crippen MR) is 119 cm³/mol. The molecule has 0 radical (unpaired) electrons. The van der Waals surface area contributed by atoms with E-state index in [1.807, 2.05) is 18.2 Å². The number of methoxy groups -OCH3 is 2. The Morgan fingerprint density at radius 2 is 1.37 bits per heavy atom. The number of carbonyl (C=O) groups is 1. The molecular formula is C24H21N3O3. The predicted octanol–water partition coefficient (Wildman–Crippen LogP) is 4.24. The van der Waals surface area contributed by atoms with E-state index in [-0.39, 0.29) is 5.91 Å². The van der Waals surface area contributed by atoms with Gasteiger partial charge < -0.3 is 23.9 Å². The van der Waals surface area contributed by atoms with E-state index in [1.165, 1.54) is 0 Å². The lowest BCUT2D eigenvalue weighted by Crippen LogP contribution is -2.12. The third-order valence-corrected chi connectivity index (χ3v) is 6.54. The number of amides is 1. The minimum atomic E-state index is -0.0212. The van der Waals surface area contributed by atoms with Crippen LogP contribution in [0, 0.1) is 0 Å². The molecule has 6 rings (SSSR count). The van der Waals surface area contributed by atoms with Gasteiger partial charge in [0.15, 0.2) is 0 Å². The van der Waals surface area contributed by atoms with Crippen molar-refractivity contribution in [2.24, 2.45) is 14.1 Å². The normalized spacial score (nSPS) is 13.5. The molecule has 0 fully saturated rings. The largest absolute Gasteiger partial charge is 0.497 e. The van der Waals surface area contributed by atoms with E-state index in [0.29, 0.717) is 6.54 Å². The fraction of sp³-hybridized carbons (Fsp3) is 0.208. The highest BCUT2D eigenvalue weighted by molar-refractivity contribution is 6.30. The highest BCUT2D eigenvalue weighted by Crippen LogP contribution is 2.45. The first-order chi connectivity index (χ1) is 14.5. The van der Waals surface area contributed by atoms with Gasteiger partial charge in [0.25, 0.3) is 5.91 Å². The monoisotopic (exact) mass is 399 g/mol. The molecule has 1 aliphatic heterocycles. The van der Waals surface area contributed by atoms with E-state index in [0.717, 1.165) is 66.2 Å². The quantitative estimate of drug-likeness (QED) is 0.483. The summed E-state index contributed by atoms with van der Waals surface area (Å²) in [5.41, 5.74) is 6.19. The van der Waals surface area contributed by atoms with Gasteiger partial charge in [0.05, 0.1) is 30.8 Å². The molecule has 0 aliphatic carbocycles. The van der Waals surface area contributed by atoms with Crippen molar-refractivity contribution in [1.82, 2.24) is 14.5 Å². The zero-order chi connectivity index (χ0) is 20.7. The number of ether oxygens (including phenoxy) is 2. The van der Waals surface area contributed by atoms with Crippen molar-refractivity contribution in [3.05, 3.63) is 47.5 Å². The van der Waals surface area contributed by atoms with Gasteiger partial charge in [-0.15, -0.1) is 0 Å². The number of fused-ring (bicyclic) bond motifs is 10. The van der Waals surface area contributed by atoms with Crippen LogP contribution in [0.15, 0.2) is 36.4 Å². The van der Waals surface area contributed by atoms with Gasteiger partial charge in [-0.25, -0.2) is 0 Å². The molecule has 5 aromatic rings. The highest BCUT2D eigenvalue weighted by Gasteiger charge is 2.31. The number of aromatic nitrogens is 2. The molecule has 3 aromatic carbocycles. The zero-order valence-corrected chi connectivity index (χ0v) is 17.3. The summed E-state index contributed by atoms with van der Waals surface area (Å²) >= 11 is 0. The summed E-state index contributed by atoms with van der Waals surface area (Å²) in [5, 5.41) is 7.29. The van der Waals surface area contributed by atoms with Gasteiger partial charge in [0.1, 0.15) is 11.5 Å². The standard InChI is InChI=1S/C24H21N3O3/c1-26-17-7-5-12(29-3)9-14(17)19-16-11-25-24(28)21(16)20-15-10-13(30-4)6-8-18(15)27(2)23(20)22(19)26/h5-10H,11H2,1-4H3,(H,25,28). The van der Waals surface area contributed by atoms with Crippen LogP contribution >= 0.6 is 0 Å². The van der Waals surface area contributed by atoms with Crippen LogP contribution < -0.4 is 14.8 Å². The average molecular weight is 399 g/mol. The first kappa shape index (κ1) is 17.2. The third-order valence-electron chi connectivity index (χ3n) is 6.54. The van der Waals surface area contributed by atoms with E-state index in [4.69, 9.17) is 9.47 Å². The Morgan fingerprint density at radius 3 is 1.93 bits per heavy atom. The molecule has 6 nitrogen and oxygen atoms in total. The topological polar surface area (TPSA) is 57.4 Å². The molecule has 0 saturated heterocycles. The van der Waals surface area contributed by atoms with Crippen LogP contribution in [-0.4, -0.2) is 29.3 Å². The van der Waals surface area contributed by atoms with Crippen LogP contribution in [0.25, 0.3) is 43.6 Å². The second kappa shape index (κ2) is 5.69. The molecule has 1 N–H and O–H groups in total. The van der Waals surface area contributed by atoms with E-state index in [9.17, 15) is 4.79 Å². The number of nitrogens with one attached hydrogen (secondary N) is 1. The fourth-order valence-electron chi connectivity index (χ4n) is 5.17. The van der Waals surface area contributed by atoms with Crippen molar-refractivity contribution in [2.45, 2.75) is 6.54 Å². The molecule has 1 amide bonds.